The summed E-state index contributed by atoms with van der Waals surface area (Å²) in [6.07, 6.45) is 0.791. The summed E-state index contributed by atoms with van der Waals surface area (Å²) in [5, 5.41) is 9.07. The lowest BCUT2D eigenvalue weighted by atomic mass is 10.0. The molecule has 2 aliphatic rings. The molecule has 7 heteroatoms. The Kier molecular flexibility index (Phi) is 4.43. The number of likely N-dealkylation sites (tertiary alicyclic amines) is 1. The number of likely N-dealkylation sites (N-methyl/N-ethyl adjacent to an activating group) is 1. The molecule has 2 aliphatic heterocycles. The SMILES string of the molecule is Cc1ccc(C#N)cc1S(=O)(=O)N1CCO[C@H]2CCN(C)C[C@@H]21. The minimum absolute atomic E-state index is 0.0471. The topological polar surface area (TPSA) is 73.6 Å². The van der Waals surface area contributed by atoms with Gasteiger partial charge in [-0.1, -0.05) is 6.07 Å². The molecule has 2 atom stereocenters. The standard InChI is InChI=1S/C16H21N3O3S/c1-12-3-4-13(10-17)9-16(12)23(20,21)19-7-8-22-15-5-6-18(2)11-14(15)19/h3-4,9,14-15H,5-8,11H2,1-2H3/t14-,15-/m0/s1. The van der Waals surface area contributed by atoms with Crippen molar-refractivity contribution in [2.45, 2.75) is 30.4 Å². The maximum Gasteiger partial charge on any atom is 0.243 e. The number of rotatable bonds is 2. The summed E-state index contributed by atoms with van der Waals surface area (Å²) < 4.78 is 33.7. The largest absolute Gasteiger partial charge is 0.375 e. The lowest BCUT2D eigenvalue weighted by Crippen LogP contribution is -2.60. The molecule has 0 aliphatic carbocycles. The molecule has 124 valence electrons. The van der Waals surface area contributed by atoms with Gasteiger partial charge < -0.3 is 9.64 Å². The molecular weight excluding hydrogens is 314 g/mol. The molecule has 2 saturated heterocycles. The summed E-state index contributed by atoms with van der Waals surface area (Å²) >= 11 is 0. The molecule has 23 heavy (non-hydrogen) atoms. The molecule has 0 N–H and O–H groups in total. The van der Waals surface area contributed by atoms with Gasteiger partial charge >= 0.3 is 0 Å². The predicted molar refractivity (Wildman–Crippen MR) is 85.4 cm³/mol. The van der Waals surface area contributed by atoms with E-state index in [0.717, 1.165) is 13.0 Å². The predicted octanol–water partition coefficient (Wildman–Crippen LogP) is 0.960. The number of morpholine rings is 1. The van der Waals surface area contributed by atoms with E-state index in [1.165, 1.54) is 6.07 Å². The summed E-state index contributed by atoms with van der Waals surface area (Å²) in [5.41, 5.74) is 1.02. The van der Waals surface area contributed by atoms with Crippen molar-refractivity contribution in [2.24, 2.45) is 0 Å². The molecular formula is C16H21N3O3S. The Hall–Kier alpha value is -1.46. The summed E-state index contributed by atoms with van der Waals surface area (Å²) in [5.74, 6) is 0. The van der Waals surface area contributed by atoms with Crippen LogP contribution in [0.1, 0.15) is 17.5 Å². The van der Waals surface area contributed by atoms with E-state index in [2.05, 4.69) is 4.90 Å². The van der Waals surface area contributed by atoms with Crippen LogP contribution in [0.5, 0.6) is 0 Å². The maximum atomic E-state index is 13.2. The third kappa shape index (κ3) is 3.00. The Labute approximate surface area is 137 Å². The third-order valence-electron chi connectivity index (χ3n) is 4.64. The molecule has 0 radical (unpaired) electrons. The number of nitrogens with zero attached hydrogens (tertiary/aromatic N) is 3. The lowest BCUT2D eigenvalue weighted by molar-refractivity contribution is -0.0719. The summed E-state index contributed by atoms with van der Waals surface area (Å²) in [7, 11) is -1.65. The quantitative estimate of drug-likeness (QED) is 0.805. The van der Waals surface area contributed by atoms with Crippen molar-refractivity contribution in [1.29, 1.82) is 5.26 Å². The molecule has 0 amide bonds. The van der Waals surface area contributed by atoms with Crippen LogP contribution in [0.2, 0.25) is 0 Å². The van der Waals surface area contributed by atoms with Crippen LogP contribution in [0, 0.1) is 18.3 Å². The molecule has 0 saturated carbocycles. The van der Waals surface area contributed by atoms with Gasteiger partial charge in [-0.15, -0.1) is 0 Å². The molecule has 0 spiro atoms. The summed E-state index contributed by atoms with van der Waals surface area (Å²) in [6, 6.07) is 6.66. The lowest BCUT2D eigenvalue weighted by Gasteiger charge is -2.45. The molecule has 1 aromatic rings. The molecule has 0 unspecified atom stereocenters. The van der Waals surface area contributed by atoms with Gasteiger partial charge in [-0.25, -0.2) is 8.42 Å². The van der Waals surface area contributed by atoms with Crippen molar-refractivity contribution in [3.63, 3.8) is 0 Å². The van der Waals surface area contributed by atoms with Gasteiger partial charge in [-0.3, -0.25) is 0 Å². The molecule has 6 nitrogen and oxygen atoms in total. The second-order valence-electron chi connectivity index (χ2n) is 6.24. The highest BCUT2D eigenvalue weighted by atomic mass is 32.2. The van der Waals surface area contributed by atoms with E-state index in [1.807, 2.05) is 13.1 Å². The van der Waals surface area contributed by atoms with E-state index < -0.39 is 10.0 Å². The summed E-state index contributed by atoms with van der Waals surface area (Å²) in [4.78, 5) is 2.36. The average Bonchev–Trinajstić information content (AvgIpc) is 2.54. The monoisotopic (exact) mass is 335 g/mol. The Balaban J connectivity index is 2.00. The second-order valence-corrected chi connectivity index (χ2v) is 8.09. The van der Waals surface area contributed by atoms with Gasteiger partial charge in [0.05, 0.1) is 35.3 Å². The van der Waals surface area contributed by atoms with E-state index in [1.54, 1.807) is 23.4 Å². The number of sulfonamides is 1. The molecule has 3 rings (SSSR count). The van der Waals surface area contributed by atoms with E-state index >= 15 is 0 Å². The summed E-state index contributed by atoms with van der Waals surface area (Å²) in [6.45, 7) is 4.12. The van der Waals surface area contributed by atoms with Gasteiger partial charge in [-0.05, 0) is 38.1 Å². The third-order valence-corrected chi connectivity index (χ3v) is 6.71. The zero-order valence-electron chi connectivity index (χ0n) is 13.4. The van der Waals surface area contributed by atoms with Crippen molar-refractivity contribution >= 4 is 10.0 Å². The minimum atomic E-state index is -3.64. The van der Waals surface area contributed by atoms with Crippen molar-refractivity contribution < 1.29 is 13.2 Å². The van der Waals surface area contributed by atoms with Crippen LogP contribution in [0.4, 0.5) is 0 Å². The zero-order chi connectivity index (χ0) is 16.6. The van der Waals surface area contributed by atoms with Crippen LogP contribution in [-0.4, -0.2) is 63.1 Å². The maximum absolute atomic E-state index is 13.2. The normalized spacial score (nSPS) is 26.5. The van der Waals surface area contributed by atoms with Crippen LogP contribution >= 0.6 is 0 Å². The minimum Gasteiger partial charge on any atom is -0.375 e. The van der Waals surface area contributed by atoms with Crippen LogP contribution in [0.15, 0.2) is 23.1 Å². The van der Waals surface area contributed by atoms with Crippen molar-refractivity contribution in [3.05, 3.63) is 29.3 Å². The first-order chi connectivity index (χ1) is 10.9. The van der Waals surface area contributed by atoms with Gasteiger partial charge in [0.1, 0.15) is 0 Å². The van der Waals surface area contributed by atoms with E-state index in [0.29, 0.717) is 30.8 Å². The number of benzene rings is 1. The zero-order valence-corrected chi connectivity index (χ0v) is 14.2. The first kappa shape index (κ1) is 16.4. The highest BCUT2D eigenvalue weighted by molar-refractivity contribution is 7.89. The van der Waals surface area contributed by atoms with E-state index in [9.17, 15) is 8.42 Å². The van der Waals surface area contributed by atoms with Gasteiger partial charge in [0, 0.05) is 19.6 Å². The highest BCUT2D eigenvalue weighted by Crippen LogP contribution is 2.29. The molecule has 0 aromatic heterocycles. The van der Waals surface area contributed by atoms with Crippen LogP contribution < -0.4 is 0 Å². The number of hydrogen-bond donors (Lipinski definition) is 0. The van der Waals surface area contributed by atoms with Crippen LogP contribution in [0.3, 0.4) is 0 Å². The Morgan fingerprint density at radius 3 is 2.87 bits per heavy atom. The van der Waals surface area contributed by atoms with Crippen molar-refractivity contribution in [2.75, 3.05) is 33.3 Å². The smallest absolute Gasteiger partial charge is 0.243 e. The first-order valence-electron chi connectivity index (χ1n) is 7.76. The van der Waals surface area contributed by atoms with Crippen LogP contribution in [-0.2, 0) is 14.8 Å². The molecule has 2 fully saturated rings. The number of piperidine rings is 1. The van der Waals surface area contributed by atoms with Gasteiger partial charge in [0.2, 0.25) is 10.0 Å². The Morgan fingerprint density at radius 2 is 2.13 bits per heavy atom. The molecule has 2 heterocycles. The fourth-order valence-electron chi connectivity index (χ4n) is 3.37. The van der Waals surface area contributed by atoms with Crippen LogP contribution in [0.25, 0.3) is 0 Å². The number of nitriles is 1. The molecule has 0 bridgehead atoms. The number of hydrogen-bond acceptors (Lipinski definition) is 5. The number of fused-ring (bicyclic) bond motifs is 1. The highest BCUT2D eigenvalue weighted by Gasteiger charge is 2.42. The Bertz CT molecular complexity index is 741. The average molecular weight is 335 g/mol. The van der Waals surface area contributed by atoms with Crippen molar-refractivity contribution in [1.82, 2.24) is 9.21 Å². The van der Waals surface area contributed by atoms with E-state index in [4.69, 9.17) is 10.00 Å². The van der Waals surface area contributed by atoms with Crippen molar-refractivity contribution in [3.8, 4) is 6.07 Å². The Morgan fingerprint density at radius 1 is 1.35 bits per heavy atom. The molecule has 1 aromatic carbocycles. The van der Waals surface area contributed by atoms with Gasteiger partial charge in [-0.2, -0.15) is 9.57 Å². The van der Waals surface area contributed by atoms with Gasteiger partial charge in [0.25, 0.3) is 0 Å². The first-order valence-corrected chi connectivity index (χ1v) is 9.20. The van der Waals surface area contributed by atoms with E-state index in [-0.39, 0.29) is 17.0 Å². The fraction of sp³-hybridized carbons (Fsp3) is 0.562. The fourth-order valence-corrected chi connectivity index (χ4v) is 5.25. The van der Waals surface area contributed by atoms with Gasteiger partial charge in [0.15, 0.2) is 0 Å². The second kappa shape index (κ2) is 6.21. The number of ether oxygens (including phenoxy) is 1. The number of aryl methyl sites for hydroxylation is 1.